The summed E-state index contributed by atoms with van der Waals surface area (Å²) in [5, 5.41) is 0.940. The Labute approximate surface area is 91.6 Å². The van der Waals surface area contributed by atoms with Crippen molar-refractivity contribution in [3.05, 3.63) is 39.7 Å². The molecule has 0 saturated carbocycles. The summed E-state index contributed by atoms with van der Waals surface area (Å²) >= 11 is 17.2. The molecule has 0 amide bonds. The molecule has 0 fully saturated rings. The summed E-state index contributed by atoms with van der Waals surface area (Å²) in [5.41, 5.74) is 0.655. The van der Waals surface area contributed by atoms with E-state index in [1.165, 1.54) is 0 Å². The van der Waals surface area contributed by atoms with Crippen LogP contribution in [0, 0.1) is 6.92 Å². The van der Waals surface area contributed by atoms with E-state index in [4.69, 9.17) is 34.8 Å². The SMILES string of the molecule is [CH2]C(CF)c1cc(Cl)c(Cl)c(Cl)c1. The zero-order valence-electron chi connectivity index (χ0n) is 6.66. The Kier molecular flexibility index (Phi) is 3.84. The maximum atomic E-state index is 12.3. The fourth-order valence-corrected chi connectivity index (χ4v) is 1.51. The van der Waals surface area contributed by atoms with Crippen molar-refractivity contribution in [2.24, 2.45) is 0 Å². The van der Waals surface area contributed by atoms with Crippen LogP contribution in [-0.2, 0) is 0 Å². The standard InChI is InChI=1S/C9H7Cl3F/c1-5(4-13)6-2-7(10)9(12)8(11)3-6/h2-3,5H,1,4H2. The van der Waals surface area contributed by atoms with Crippen LogP contribution in [0.2, 0.25) is 15.1 Å². The monoisotopic (exact) mass is 239 g/mol. The van der Waals surface area contributed by atoms with Gasteiger partial charge >= 0.3 is 0 Å². The van der Waals surface area contributed by atoms with Gasteiger partial charge in [-0.15, -0.1) is 0 Å². The maximum Gasteiger partial charge on any atom is 0.0962 e. The van der Waals surface area contributed by atoms with Crippen molar-refractivity contribution < 1.29 is 4.39 Å². The van der Waals surface area contributed by atoms with E-state index in [0.29, 0.717) is 15.6 Å². The van der Waals surface area contributed by atoms with E-state index in [1.54, 1.807) is 12.1 Å². The first kappa shape index (κ1) is 11.1. The van der Waals surface area contributed by atoms with E-state index in [9.17, 15) is 4.39 Å². The number of halogens is 4. The fraction of sp³-hybridized carbons (Fsp3) is 0.222. The maximum absolute atomic E-state index is 12.3. The molecule has 0 aliphatic carbocycles. The van der Waals surface area contributed by atoms with Gasteiger partial charge in [0.2, 0.25) is 0 Å². The Morgan fingerprint density at radius 1 is 1.23 bits per heavy atom. The minimum Gasteiger partial charge on any atom is -0.250 e. The average molecular weight is 241 g/mol. The fourth-order valence-electron chi connectivity index (χ4n) is 0.900. The van der Waals surface area contributed by atoms with Gasteiger partial charge in [-0.1, -0.05) is 34.8 Å². The first-order valence-corrected chi connectivity index (χ1v) is 4.73. The van der Waals surface area contributed by atoms with E-state index in [2.05, 4.69) is 6.92 Å². The van der Waals surface area contributed by atoms with E-state index in [1.807, 2.05) is 0 Å². The zero-order chi connectivity index (χ0) is 10.0. The van der Waals surface area contributed by atoms with Gasteiger partial charge in [-0.2, -0.15) is 0 Å². The van der Waals surface area contributed by atoms with E-state index < -0.39 is 12.6 Å². The largest absolute Gasteiger partial charge is 0.250 e. The first-order chi connectivity index (χ1) is 6.06. The van der Waals surface area contributed by atoms with Crippen LogP contribution < -0.4 is 0 Å². The number of hydrogen-bond donors (Lipinski definition) is 0. The lowest BCUT2D eigenvalue weighted by Crippen LogP contribution is -1.95. The number of benzene rings is 1. The summed E-state index contributed by atoms with van der Waals surface area (Å²) in [5.74, 6) is -0.452. The Morgan fingerprint density at radius 3 is 2.08 bits per heavy atom. The molecule has 71 valence electrons. The predicted octanol–water partition coefficient (Wildman–Crippen LogP) is 4.53. The van der Waals surface area contributed by atoms with Crippen molar-refractivity contribution in [1.29, 1.82) is 0 Å². The van der Waals surface area contributed by atoms with E-state index >= 15 is 0 Å². The molecule has 1 unspecified atom stereocenters. The van der Waals surface area contributed by atoms with Gasteiger partial charge < -0.3 is 0 Å². The molecule has 0 aliphatic rings. The van der Waals surface area contributed by atoms with Gasteiger partial charge in [0, 0.05) is 5.92 Å². The van der Waals surface area contributed by atoms with Crippen LogP contribution >= 0.6 is 34.8 Å². The van der Waals surface area contributed by atoms with Crippen LogP contribution in [0.25, 0.3) is 0 Å². The molecule has 0 saturated heterocycles. The second-order valence-electron chi connectivity index (χ2n) is 2.65. The lowest BCUT2D eigenvalue weighted by Gasteiger charge is -2.09. The van der Waals surface area contributed by atoms with Gasteiger partial charge in [0.25, 0.3) is 0 Å². The third-order valence-electron chi connectivity index (χ3n) is 1.66. The highest BCUT2D eigenvalue weighted by atomic mass is 35.5. The van der Waals surface area contributed by atoms with Crippen molar-refractivity contribution in [2.45, 2.75) is 5.92 Å². The third-order valence-corrected chi connectivity index (χ3v) is 2.86. The van der Waals surface area contributed by atoms with Crippen molar-refractivity contribution in [3.63, 3.8) is 0 Å². The number of rotatable bonds is 2. The second kappa shape index (κ2) is 4.50. The molecule has 0 heterocycles. The van der Waals surface area contributed by atoms with Gasteiger partial charge in [-0.05, 0) is 24.6 Å². The van der Waals surface area contributed by atoms with Gasteiger partial charge in [-0.3, -0.25) is 4.39 Å². The molecule has 13 heavy (non-hydrogen) atoms. The van der Waals surface area contributed by atoms with Gasteiger partial charge in [0.05, 0.1) is 21.7 Å². The van der Waals surface area contributed by atoms with Crippen LogP contribution in [-0.4, -0.2) is 6.67 Å². The van der Waals surface area contributed by atoms with Crippen molar-refractivity contribution in [1.82, 2.24) is 0 Å². The molecular formula is C9H7Cl3F. The summed E-state index contributed by atoms with van der Waals surface area (Å²) < 4.78 is 12.3. The number of hydrogen-bond acceptors (Lipinski definition) is 0. The lowest BCUT2D eigenvalue weighted by atomic mass is 10.0. The summed E-state index contributed by atoms with van der Waals surface area (Å²) in [6, 6.07) is 3.15. The molecule has 0 aliphatic heterocycles. The number of alkyl halides is 1. The molecule has 1 atom stereocenters. The minimum atomic E-state index is -0.547. The van der Waals surface area contributed by atoms with Crippen LogP contribution in [0.4, 0.5) is 4.39 Å². The third kappa shape index (κ3) is 2.49. The highest BCUT2D eigenvalue weighted by molar-refractivity contribution is 6.48. The molecule has 1 rings (SSSR count). The zero-order valence-corrected chi connectivity index (χ0v) is 8.93. The smallest absolute Gasteiger partial charge is 0.0962 e. The molecule has 1 aromatic rings. The highest BCUT2D eigenvalue weighted by Gasteiger charge is 2.10. The second-order valence-corrected chi connectivity index (χ2v) is 3.84. The summed E-state index contributed by atoms with van der Waals surface area (Å²) in [6.07, 6.45) is 0. The van der Waals surface area contributed by atoms with Gasteiger partial charge in [0.15, 0.2) is 0 Å². The van der Waals surface area contributed by atoms with Crippen molar-refractivity contribution in [3.8, 4) is 0 Å². The van der Waals surface area contributed by atoms with Crippen molar-refractivity contribution in [2.75, 3.05) is 6.67 Å². The predicted molar refractivity (Wildman–Crippen MR) is 55.5 cm³/mol. The Balaban J connectivity index is 3.13. The molecule has 4 heteroatoms. The normalized spacial score (nSPS) is 13.0. The van der Waals surface area contributed by atoms with E-state index in [-0.39, 0.29) is 5.02 Å². The molecule has 0 nitrogen and oxygen atoms in total. The van der Waals surface area contributed by atoms with Gasteiger partial charge in [0.1, 0.15) is 0 Å². The summed E-state index contributed by atoms with van der Waals surface area (Å²) in [7, 11) is 0. The Morgan fingerprint density at radius 2 is 1.69 bits per heavy atom. The first-order valence-electron chi connectivity index (χ1n) is 3.59. The van der Waals surface area contributed by atoms with Crippen LogP contribution in [0.3, 0.4) is 0 Å². The molecule has 1 aromatic carbocycles. The molecule has 0 bridgehead atoms. The molecule has 0 spiro atoms. The molecule has 0 aromatic heterocycles. The van der Waals surface area contributed by atoms with E-state index in [0.717, 1.165) is 0 Å². The topological polar surface area (TPSA) is 0 Å². The van der Waals surface area contributed by atoms with Gasteiger partial charge in [-0.25, -0.2) is 0 Å². The summed E-state index contributed by atoms with van der Waals surface area (Å²) in [4.78, 5) is 0. The molecular weight excluding hydrogens is 233 g/mol. The Bertz CT molecular complexity index is 289. The van der Waals surface area contributed by atoms with Crippen LogP contribution in [0.15, 0.2) is 12.1 Å². The Hall–Kier alpha value is 0.0200. The van der Waals surface area contributed by atoms with Crippen LogP contribution in [0.5, 0.6) is 0 Å². The minimum absolute atomic E-state index is 0.290. The average Bonchev–Trinajstić information content (AvgIpc) is 2.12. The summed E-state index contributed by atoms with van der Waals surface area (Å²) in [6.45, 7) is 3.06. The highest BCUT2D eigenvalue weighted by Crippen LogP contribution is 2.33. The lowest BCUT2D eigenvalue weighted by molar-refractivity contribution is 0.465. The molecule has 0 N–H and O–H groups in total. The van der Waals surface area contributed by atoms with Crippen LogP contribution in [0.1, 0.15) is 11.5 Å². The molecule has 1 radical (unpaired) electrons. The quantitative estimate of drug-likeness (QED) is 0.666. The van der Waals surface area contributed by atoms with Crippen molar-refractivity contribution >= 4 is 34.8 Å².